The first-order valence-electron chi connectivity index (χ1n) is 9.71. The SMILES string of the molecule is COc1cc(C=CC(=O)c2c(C)nn3c4ccccc4n(C)c23)cc(OC)c1OC(F)F. The number of aryl methyl sites for hydroxylation is 2. The summed E-state index contributed by atoms with van der Waals surface area (Å²) in [6.07, 6.45) is 2.97. The molecule has 0 amide bonds. The average molecular weight is 441 g/mol. The normalized spacial score (nSPS) is 11.7. The van der Waals surface area contributed by atoms with Crippen LogP contribution in [0.15, 0.2) is 42.5 Å². The van der Waals surface area contributed by atoms with Crippen LogP contribution in [0.25, 0.3) is 22.8 Å². The van der Waals surface area contributed by atoms with Crippen molar-refractivity contribution in [1.82, 2.24) is 14.2 Å². The van der Waals surface area contributed by atoms with Crippen molar-refractivity contribution < 1.29 is 27.8 Å². The number of fused-ring (bicyclic) bond motifs is 3. The summed E-state index contributed by atoms with van der Waals surface area (Å²) in [5.74, 6) is -0.323. The van der Waals surface area contributed by atoms with E-state index in [0.29, 0.717) is 22.5 Å². The molecule has 2 aromatic carbocycles. The van der Waals surface area contributed by atoms with E-state index in [1.165, 1.54) is 32.4 Å². The minimum absolute atomic E-state index is 0.0644. The maximum Gasteiger partial charge on any atom is 0.387 e. The summed E-state index contributed by atoms with van der Waals surface area (Å²) in [6, 6.07) is 10.7. The molecular formula is C23H21F2N3O4. The van der Waals surface area contributed by atoms with E-state index in [9.17, 15) is 13.6 Å². The lowest BCUT2D eigenvalue weighted by Gasteiger charge is -2.14. The zero-order valence-corrected chi connectivity index (χ0v) is 17.9. The van der Waals surface area contributed by atoms with Gasteiger partial charge < -0.3 is 18.8 Å². The van der Waals surface area contributed by atoms with Crippen molar-refractivity contribution in [2.24, 2.45) is 7.05 Å². The van der Waals surface area contributed by atoms with Crippen molar-refractivity contribution >= 4 is 28.5 Å². The molecule has 0 aliphatic carbocycles. The summed E-state index contributed by atoms with van der Waals surface area (Å²) in [5, 5.41) is 4.55. The highest BCUT2D eigenvalue weighted by molar-refractivity contribution is 6.12. The summed E-state index contributed by atoms with van der Waals surface area (Å²) in [6.45, 7) is -1.25. The first-order valence-corrected chi connectivity index (χ1v) is 9.71. The fourth-order valence-electron chi connectivity index (χ4n) is 3.78. The second-order valence-corrected chi connectivity index (χ2v) is 7.07. The van der Waals surface area contributed by atoms with E-state index < -0.39 is 6.61 Å². The van der Waals surface area contributed by atoms with E-state index in [1.54, 1.807) is 17.5 Å². The van der Waals surface area contributed by atoms with Crippen LogP contribution < -0.4 is 14.2 Å². The number of hydrogen-bond donors (Lipinski definition) is 0. The predicted molar refractivity (Wildman–Crippen MR) is 116 cm³/mol. The van der Waals surface area contributed by atoms with Gasteiger partial charge in [-0.25, -0.2) is 4.52 Å². The third kappa shape index (κ3) is 3.55. The summed E-state index contributed by atoms with van der Waals surface area (Å²) in [7, 11) is 4.55. The Morgan fingerprint density at radius 2 is 1.72 bits per heavy atom. The minimum atomic E-state index is -3.03. The molecule has 7 nitrogen and oxygen atoms in total. The van der Waals surface area contributed by atoms with Gasteiger partial charge >= 0.3 is 6.61 Å². The van der Waals surface area contributed by atoms with Gasteiger partial charge in [0.15, 0.2) is 17.3 Å². The highest BCUT2D eigenvalue weighted by atomic mass is 19.3. The summed E-state index contributed by atoms with van der Waals surface area (Å²) in [4.78, 5) is 13.1. The number of halogens is 2. The Morgan fingerprint density at radius 3 is 2.31 bits per heavy atom. The molecule has 9 heteroatoms. The lowest BCUT2D eigenvalue weighted by molar-refractivity contribution is -0.0526. The summed E-state index contributed by atoms with van der Waals surface area (Å²) < 4.78 is 44.0. The third-order valence-electron chi connectivity index (χ3n) is 5.19. The first-order chi connectivity index (χ1) is 15.3. The second-order valence-electron chi connectivity index (χ2n) is 7.07. The predicted octanol–water partition coefficient (Wildman–Crippen LogP) is 4.65. The maximum absolute atomic E-state index is 13.1. The Hall–Kier alpha value is -3.88. The molecule has 2 heterocycles. The molecule has 0 radical (unpaired) electrons. The number of alkyl halides is 2. The molecule has 0 bridgehead atoms. The summed E-state index contributed by atoms with van der Waals surface area (Å²) >= 11 is 0. The van der Waals surface area contributed by atoms with Crippen molar-refractivity contribution in [3.05, 3.63) is 59.3 Å². The van der Waals surface area contributed by atoms with Crippen molar-refractivity contribution in [3.8, 4) is 17.2 Å². The highest BCUT2D eigenvalue weighted by Gasteiger charge is 2.21. The molecule has 0 aliphatic heterocycles. The van der Waals surface area contributed by atoms with Gasteiger partial charge in [-0.2, -0.15) is 13.9 Å². The molecule has 0 spiro atoms. The lowest BCUT2D eigenvalue weighted by atomic mass is 10.1. The molecule has 2 aromatic heterocycles. The van der Waals surface area contributed by atoms with Crippen LogP contribution in [-0.2, 0) is 7.05 Å². The van der Waals surface area contributed by atoms with Crippen molar-refractivity contribution in [2.45, 2.75) is 13.5 Å². The number of methoxy groups -OCH3 is 2. The van der Waals surface area contributed by atoms with Crippen molar-refractivity contribution in [3.63, 3.8) is 0 Å². The first kappa shape index (κ1) is 21.4. The van der Waals surface area contributed by atoms with Crippen LogP contribution in [0.2, 0.25) is 0 Å². The number of aromatic nitrogens is 3. The molecule has 0 aliphatic rings. The van der Waals surface area contributed by atoms with Crippen LogP contribution in [0.5, 0.6) is 17.2 Å². The average Bonchev–Trinajstić information content (AvgIpc) is 3.26. The largest absolute Gasteiger partial charge is 0.493 e. The number of carbonyl (C=O) groups excluding carboxylic acids is 1. The van der Waals surface area contributed by atoms with E-state index >= 15 is 0 Å². The van der Waals surface area contributed by atoms with E-state index in [0.717, 1.165) is 11.0 Å². The van der Waals surface area contributed by atoms with Gasteiger partial charge in [-0.15, -0.1) is 0 Å². The van der Waals surface area contributed by atoms with Gasteiger partial charge in [-0.3, -0.25) is 4.79 Å². The van der Waals surface area contributed by atoms with Crippen molar-refractivity contribution in [2.75, 3.05) is 14.2 Å². The van der Waals surface area contributed by atoms with E-state index in [-0.39, 0.29) is 23.0 Å². The fourth-order valence-corrected chi connectivity index (χ4v) is 3.78. The Bertz CT molecular complexity index is 1330. The van der Waals surface area contributed by atoms with Crippen molar-refractivity contribution in [1.29, 1.82) is 0 Å². The lowest BCUT2D eigenvalue weighted by Crippen LogP contribution is -2.05. The smallest absolute Gasteiger partial charge is 0.387 e. The Kier molecular flexibility index (Phi) is 5.56. The zero-order chi connectivity index (χ0) is 23.0. The number of allylic oxidation sites excluding steroid dienone is 1. The van der Waals surface area contributed by atoms with Crippen LogP contribution in [0.1, 0.15) is 21.6 Å². The number of benzene rings is 2. The molecular weight excluding hydrogens is 420 g/mol. The molecule has 0 saturated carbocycles. The summed E-state index contributed by atoms with van der Waals surface area (Å²) in [5.41, 5.74) is 4.15. The topological polar surface area (TPSA) is 67.0 Å². The van der Waals surface area contributed by atoms with Gasteiger partial charge in [0.1, 0.15) is 5.65 Å². The molecule has 166 valence electrons. The molecule has 0 atom stereocenters. The number of carbonyl (C=O) groups is 1. The molecule has 0 unspecified atom stereocenters. The molecule has 0 fully saturated rings. The molecule has 4 aromatic rings. The number of hydrogen-bond acceptors (Lipinski definition) is 5. The molecule has 32 heavy (non-hydrogen) atoms. The highest BCUT2D eigenvalue weighted by Crippen LogP contribution is 2.40. The number of ketones is 1. The van der Waals surface area contributed by atoms with Gasteiger partial charge in [0.25, 0.3) is 0 Å². The molecule has 4 rings (SSSR count). The van der Waals surface area contributed by atoms with Gasteiger partial charge in [0.05, 0.1) is 36.5 Å². The van der Waals surface area contributed by atoms with Gasteiger partial charge in [-0.1, -0.05) is 18.2 Å². The van der Waals surface area contributed by atoms with Gasteiger partial charge in [-0.05, 0) is 42.8 Å². The molecule has 0 N–H and O–H groups in total. The second kappa shape index (κ2) is 8.33. The number of ether oxygens (including phenoxy) is 3. The van der Waals surface area contributed by atoms with E-state index in [4.69, 9.17) is 9.47 Å². The molecule has 0 saturated heterocycles. The van der Waals surface area contributed by atoms with Gasteiger partial charge in [0.2, 0.25) is 5.75 Å². The Labute approximate surface area is 182 Å². The zero-order valence-electron chi connectivity index (χ0n) is 17.9. The number of para-hydroxylation sites is 2. The quantitative estimate of drug-likeness (QED) is 0.309. The Morgan fingerprint density at radius 1 is 1.09 bits per heavy atom. The standard InChI is InChI=1S/C23H21F2N3O4/c1-13-20(22-27(2)15-7-5-6-8-16(15)28(22)26-13)17(29)10-9-14-11-18(30-3)21(32-23(24)25)19(12-14)31-4/h5-12,23H,1-4H3. The van der Waals surface area contributed by atoms with Crippen LogP contribution in [0.4, 0.5) is 8.78 Å². The van der Waals surface area contributed by atoms with E-state index in [1.807, 2.05) is 35.9 Å². The number of imidazole rings is 1. The third-order valence-corrected chi connectivity index (χ3v) is 5.19. The van der Waals surface area contributed by atoms with Crippen LogP contribution in [0, 0.1) is 6.92 Å². The van der Waals surface area contributed by atoms with E-state index in [2.05, 4.69) is 9.84 Å². The van der Waals surface area contributed by atoms with Crippen LogP contribution in [-0.4, -0.2) is 40.8 Å². The fraction of sp³-hybridized carbons (Fsp3) is 0.217. The number of rotatable bonds is 7. The van der Waals surface area contributed by atoms with Crippen LogP contribution >= 0.6 is 0 Å². The van der Waals surface area contributed by atoms with Gasteiger partial charge in [0, 0.05) is 7.05 Å². The Balaban J connectivity index is 1.74. The van der Waals surface area contributed by atoms with Crippen LogP contribution in [0.3, 0.4) is 0 Å². The number of nitrogens with zero attached hydrogens (tertiary/aromatic N) is 3. The minimum Gasteiger partial charge on any atom is -0.493 e. The monoisotopic (exact) mass is 441 g/mol. The maximum atomic E-state index is 13.1.